The van der Waals surface area contributed by atoms with Gasteiger partial charge in [-0.1, -0.05) is 0 Å². The van der Waals surface area contributed by atoms with Crippen LogP contribution in [0, 0.1) is 5.82 Å². The van der Waals surface area contributed by atoms with Gasteiger partial charge in [0.15, 0.2) is 0 Å². The largest absolute Gasteiger partial charge is 0.465 e. The molecule has 1 saturated heterocycles. The number of likely N-dealkylation sites (tertiary alicyclic amines) is 1. The molecule has 0 aliphatic carbocycles. The quantitative estimate of drug-likeness (QED) is 0.584. The summed E-state index contributed by atoms with van der Waals surface area (Å²) in [6, 6.07) is 6.37. The van der Waals surface area contributed by atoms with Gasteiger partial charge >= 0.3 is 6.09 Å². The van der Waals surface area contributed by atoms with Gasteiger partial charge in [0, 0.05) is 53.4 Å². The molecule has 0 atom stereocenters. The molecule has 1 aromatic carbocycles. The van der Waals surface area contributed by atoms with Crippen molar-refractivity contribution in [2.75, 3.05) is 24.6 Å². The molecular weight excluding hydrogens is 375 g/mol. The average molecular weight is 396 g/mol. The van der Waals surface area contributed by atoms with E-state index >= 15 is 0 Å². The molecule has 0 saturated carbocycles. The normalized spacial score (nSPS) is 14.9. The van der Waals surface area contributed by atoms with E-state index < -0.39 is 11.9 Å². The molecule has 29 heavy (non-hydrogen) atoms. The summed E-state index contributed by atoms with van der Waals surface area (Å²) >= 11 is 0. The molecule has 0 unspecified atom stereocenters. The summed E-state index contributed by atoms with van der Waals surface area (Å²) in [5.41, 5.74) is 14.4. The number of carbonyl (C=O) groups is 1. The van der Waals surface area contributed by atoms with Gasteiger partial charge in [-0.15, -0.1) is 0 Å². The molecule has 3 heterocycles. The number of piperidine rings is 1. The highest BCUT2D eigenvalue weighted by Gasteiger charge is 2.24. The molecule has 5 N–H and O–H groups in total. The van der Waals surface area contributed by atoms with Crippen LogP contribution in [0.3, 0.4) is 0 Å². The zero-order valence-corrected chi connectivity index (χ0v) is 15.6. The fourth-order valence-electron chi connectivity index (χ4n) is 3.61. The van der Waals surface area contributed by atoms with Crippen LogP contribution in [0.15, 0.2) is 42.9 Å². The van der Waals surface area contributed by atoms with E-state index in [0.29, 0.717) is 42.7 Å². The molecule has 2 aromatic heterocycles. The summed E-state index contributed by atoms with van der Waals surface area (Å²) < 4.78 is 16.2. The van der Waals surface area contributed by atoms with Gasteiger partial charge in [0.25, 0.3) is 0 Å². The topological polar surface area (TPSA) is 123 Å². The zero-order valence-electron chi connectivity index (χ0n) is 15.6. The van der Waals surface area contributed by atoms with Crippen LogP contribution in [-0.2, 0) is 0 Å². The highest BCUT2D eigenvalue weighted by molar-refractivity contribution is 5.80. The van der Waals surface area contributed by atoms with Crippen molar-refractivity contribution < 1.29 is 14.3 Å². The number of carboxylic acid groups (broad SMARTS) is 1. The highest BCUT2D eigenvalue weighted by Crippen LogP contribution is 2.32. The molecule has 0 radical (unpaired) electrons. The Labute approximate surface area is 166 Å². The van der Waals surface area contributed by atoms with E-state index in [1.54, 1.807) is 30.6 Å². The number of nitrogens with two attached hydrogens (primary N) is 2. The number of halogens is 1. The van der Waals surface area contributed by atoms with E-state index in [1.807, 2.05) is 10.9 Å². The predicted molar refractivity (Wildman–Crippen MR) is 108 cm³/mol. The van der Waals surface area contributed by atoms with E-state index in [2.05, 4.69) is 10.1 Å². The van der Waals surface area contributed by atoms with Crippen molar-refractivity contribution >= 4 is 17.6 Å². The second kappa shape index (κ2) is 7.42. The second-order valence-electron chi connectivity index (χ2n) is 7.11. The molecule has 3 aromatic rings. The van der Waals surface area contributed by atoms with Crippen LogP contribution in [0.1, 0.15) is 18.9 Å². The fourth-order valence-corrected chi connectivity index (χ4v) is 3.61. The highest BCUT2D eigenvalue weighted by atomic mass is 19.1. The number of anilines is 2. The van der Waals surface area contributed by atoms with Gasteiger partial charge in [-0.25, -0.2) is 14.2 Å². The number of benzene rings is 1. The second-order valence-corrected chi connectivity index (χ2v) is 7.11. The number of aromatic nitrogens is 3. The minimum absolute atomic E-state index is 0.134. The Morgan fingerprint density at radius 3 is 2.55 bits per heavy atom. The lowest BCUT2D eigenvalue weighted by Crippen LogP contribution is -2.38. The van der Waals surface area contributed by atoms with Crippen molar-refractivity contribution in [2.24, 2.45) is 0 Å². The Kier molecular flexibility index (Phi) is 4.79. The third kappa shape index (κ3) is 3.71. The third-order valence-electron chi connectivity index (χ3n) is 5.25. The zero-order chi connectivity index (χ0) is 20.5. The van der Waals surface area contributed by atoms with E-state index in [9.17, 15) is 9.18 Å². The predicted octanol–water partition coefficient (Wildman–Crippen LogP) is 3.23. The first-order valence-electron chi connectivity index (χ1n) is 9.25. The fraction of sp³-hybridized carbons (Fsp3) is 0.250. The van der Waals surface area contributed by atoms with Crippen molar-refractivity contribution in [1.29, 1.82) is 0 Å². The van der Waals surface area contributed by atoms with Gasteiger partial charge in [-0.2, -0.15) is 5.10 Å². The number of hydrogen-bond donors (Lipinski definition) is 3. The molecular formula is C20H21FN6O2. The van der Waals surface area contributed by atoms with Crippen LogP contribution < -0.4 is 11.5 Å². The van der Waals surface area contributed by atoms with Gasteiger partial charge in [-0.05, 0) is 37.1 Å². The third-order valence-corrected chi connectivity index (χ3v) is 5.25. The molecule has 1 aliphatic rings. The van der Waals surface area contributed by atoms with Gasteiger partial charge in [-0.3, -0.25) is 4.68 Å². The van der Waals surface area contributed by atoms with E-state index in [-0.39, 0.29) is 11.9 Å². The summed E-state index contributed by atoms with van der Waals surface area (Å²) in [7, 11) is 0. The molecule has 8 nitrogen and oxygen atoms in total. The van der Waals surface area contributed by atoms with Crippen LogP contribution >= 0.6 is 0 Å². The molecule has 4 rings (SSSR count). The van der Waals surface area contributed by atoms with Crippen LogP contribution in [-0.4, -0.2) is 44.0 Å². The average Bonchev–Trinajstić information content (AvgIpc) is 3.19. The number of amides is 1. The van der Waals surface area contributed by atoms with Crippen LogP contribution in [0.5, 0.6) is 0 Å². The van der Waals surface area contributed by atoms with Crippen molar-refractivity contribution in [2.45, 2.75) is 18.9 Å². The first kappa shape index (κ1) is 18.7. The Hall–Kier alpha value is -3.62. The Morgan fingerprint density at radius 1 is 1.10 bits per heavy atom. The van der Waals surface area contributed by atoms with Crippen molar-refractivity contribution in [3.05, 3.63) is 48.7 Å². The van der Waals surface area contributed by atoms with E-state index in [0.717, 1.165) is 11.1 Å². The smallest absolute Gasteiger partial charge is 0.407 e. The number of pyridine rings is 1. The number of hydrogen-bond acceptors (Lipinski definition) is 5. The SMILES string of the molecule is Nc1ccc(-c2cc(-c3cnn(C4CCN(C(=O)O)CC4)c3)cnc2N)c(F)c1. The standard InChI is InChI=1S/C20H21FN6O2/c21-18-8-14(22)1-2-16(18)17-7-12(9-24-19(17)23)13-10-25-27(11-13)15-3-5-26(6-4-15)20(28)29/h1-2,7-11,15H,3-6,22H2,(H2,23,24)(H,28,29). The lowest BCUT2D eigenvalue weighted by atomic mass is 10.0. The lowest BCUT2D eigenvalue weighted by Gasteiger charge is -2.30. The molecule has 0 bridgehead atoms. The molecule has 1 fully saturated rings. The van der Waals surface area contributed by atoms with Gasteiger partial charge in [0.2, 0.25) is 0 Å². The minimum atomic E-state index is -0.889. The monoisotopic (exact) mass is 396 g/mol. The Morgan fingerprint density at radius 2 is 1.86 bits per heavy atom. The maximum atomic E-state index is 14.4. The van der Waals surface area contributed by atoms with E-state index in [1.165, 1.54) is 11.0 Å². The van der Waals surface area contributed by atoms with Gasteiger partial charge in [0.1, 0.15) is 11.6 Å². The Balaban J connectivity index is 1.59. The number of nitrogen functional groups attached to an aromatic ring is 2. The van der Waals surface area contributed by atoms with Gasteiger partial charge in [0.05, 0.1) is 12.2 Å². The maximum Gasteiger partial charge on any atom is 0.407 e. The first-order chi connectivity index (χ1) is 13.9. The van der Waals surface area contributed by atoms with Crippen LogP contribution in [0.25, 0.3) is 22.3 Å². The van der Waals surface area contributed by atoms with E-state index in [4.69, 9.17) is 16.6 Å². The summed E-state index contributed by atoms with van der Waals surface area (Å²) in [6.45, 7) is 0.971. The van der Waals surface area contributed by atoms with Crippen LogP contribution in [0.4, 0.5) is 20.7 Å². The molecule has 1 amide bonds. The molecule has 150 valence electrons. The van der Waals surface area contributed by atoms with Crippen molar-refractivity contribution in [3.63, 3.8) is 0 Å². The summed E-state index contributed by atoms with van der Waals surface area (Å²) in [6.07, 6.45) is 5.77. The number of nitrogens with zero attached hydrogens (tertiary/aromatic N) is 4. The molecule has 1 aliphatic heterocycles. The van der Waals surface area contributed by atoms with Crippen LogP contribution in [0.2, 0.25) is 0 Å². The summed E-state index contributed by atoms with van der Waals surface area (Å²) in [4.78, 5) is 16.7. The molecule has 9 heteroatoms. The summed E-state index contributed by atoms with van der Waals surface area (Å²) in [5.74, 6) is -0.234. The maximum absolute atomic E-state index is 14.4. The van der Waals surface area contributed by atoms with Crippen molar-refractivity contribution in [3.8, 4) is 22.3 Å². The minimum Gasteiger partial charge on any atom is -0.465 e. The summed E-state index contributed by atoms with van der Waals surface area (Å²) in [5, 5.41) is 13.5. The number of rotatable bonds is 3. The first-order valence-corrected chi connectivity index (χ1v) is 9.25. The molecule has 0 spiro atoms. The van der Waals surface area contributed by atoms with Gasteiger partial charge < -0.3 is 21.5 Å². The van der Waals surface area contributed by atoms with Crippen molar-refractivity contribution in [1.82, 2.24) is 19.7 Å². The lowest BCUT2D eigenvalue weighted by molar-refractivity contribution is 0.124. The Bertz CT molecular complexity index is 1060.